The average molecular weight is 461 g/mol. The monoisotopic (exact) mass is 461 g/mol. The number of ether oxygens (including phenoxy) is 4. The van der Waals surface area contributed by atoms with Crippen LogP contribution in [0.3, 0.4) is 0 Å². The molecule has 1 N–H and O–H groups in total. The summed E-state index contributed by atoms with van der Waals surface area (Å²) in [4.78, 5) is 12.7. The second kappa shape index (κ2) is 10.4. The van der Waals surface area contributed by atoms with Gasteiger partial charge in [0.05, 0.1) is 26.9 Å². The zero-order valence-corrected chi connectivity index (χ0v) is 18.9. The number of nitrogens with zero attached hydrogens (tertiary/aromatic N) is 2. The first-order valence-electron chi connectivity index (χ1n) is 10.3. The molecule has 9 heteroatoms. The first-order valence-corrected chi connectivity index (χ1v) is 10.3. The topological polar surface area (TPSA) is 105 Å². The summed E-state index contributed by atoms with van der Waals surface area (Å²) in [6.45, 7) is -0.0208. The van der Waals surface area contributed by atoms with Gasteiger partial charge in [0.15, 0.2) is 18.1 Å². The number of carbonyl (C=O) groups is 1. The number of amides is 1. The summed E-state index contributed by atoms with van der Waals surface area (Å²) < 4.78 is 27.7. The van der Waals surface area contributed by atoms with Gasteiger partial charge in [-0.05, 0) is 36.4 Å². The first-order chi connectivity index (χ1) is 16.6. The Morgan fingerprint density at radius 1 is 0.853 bits per heavy atom. The molecule has 4 aromatic rings. The normalized spacial score (nSPS) is 10.4. The molecule has 3 aromatic carbocycles. The Bertz CT molecular complexity index is 1250. The van der Waals surface area contributed by atoms with Crippen LogP contribution in [0.4, 0.5) is 5.69 Å². The number of nitrogens with one attached hydrogen (secondary N) is 1. The molecule has 1 aromatic heterocycles. The van der Waals surface area contributed by atoms with Gasteiger partial charge in [-0.3, -0.25) is 4.79 Å². The zero-order valence-electron chi connectivity index (χ0n) is 18.9. The highest BCUT2D eigenvalue weighted by Gasteiger charge is 2.18. The average Bonchev–Trinajstić information content (AvgIpc) is 3.36. The van der Waals surface area contributed by atoms with E-state index in [9.17, 15) is 4.79 Å². The van der Waals surface area contributed by atoms with E-state index in [0.29, 0.717) is 39.8 Å². The second-order valence-electron chi connectivity index (χ2n) is 7.02. The number of carbonyl (C=O) groups excluding carboxylic acids is 1. The van der Waals surface area contributed by atoms with Crippen molar-refractivity contribution >= 4 is 11.6 Å². The van der Waals surface area contributed by atoms with Crippen LogP contribution < -0.4 is 24.3 Å². The van der Waals surface area contributed by atoms with Gasteiger partial charge in [0.25, 0.3) is 11.8 Å². The molecule has 174 valence electrons. The lowest BCUT2D eigenvalue weighted by Gasteiger charge is -2.12. The minimum absolute atomic E-state index is 0.0208. The fourth-order valence-electron chi connectivity index (χ4n) is 3.27. The Hall–Kier alpha value is -4.53. The maximum atomic E-state index is 12.7. The molecule has 0 unspecified atom stereocenters. The fraction of sp³-hybridized carbons (Fsp3) is 0.160. The van der Waals surface area contributed by atoms with Crippen LogP contribution in [0.1, 0.15) is 16.2 Å². The molecule has 4 rings (SSSR count). The first kappa shape index (κ1) is 22.7. The van der Waals surface area contributed by atoms with Crippen molar-refractivity contribution in [3.63, 3.8) is 0 Å². The molecule has 0 bridgehead atoms. The molecular formula is C25H23N3O6. The van der Waals surface area contributed by atoms with Crippen molar-refractivity contribution < 1.29 is 28.2 Å². The minimum atomic E-state index is -0.287. The Balaban J connectivity index is 1.50. The Morgan fingerprint density at radius 3 is 2.21 bits per heavy atom. The molecular weight excluding hydrogens is 438 g/mol. The molecule has 0 fully saturated rings. The van der Waals surface area contributed by atoms with Crippen LogP contribution in [0, 0.1) is 0 Å². The number of para-hydroxylation sites is 2. The molecule has 34 heavy (non-hydrogen) atoms. The highest BCUT2D eigenvalue weighted by Crippen LogP contribution is 2.40. The van der Waals surface area contributed by atoms with Crippen LogP contribution in [-0.2, 0) is 6.61 Å². The lowest BCUT2D eigenvalue weighted by Crippen LogP contribution is -2.13. The molecule has 1 heterocycles. The van der Waals surface area contributed by atoms with Crippen molar-refractivity contribution in [3.05, 3.63) is 78.2 Å². The summed E-state index contributed by atoms with van der Waals surface area (Å²) in [6, 6.07) is 19.5. The fourth-order valence-corrected chi connectivity index (χ4v) is 3.27. The Kier molecular flexibility index (Phi) is 6.92. The molecule has 0 aliphatic heterocycles. The van der Waals surface area contributed by atoms with Gasteiger partial charge in [0.2, 0.25) is 11.6 Å². The molecule has 9 nitrogen and oxygen atoms in total. The highest BCUT2D eigenvalue weighted by molar-refractivity contribution is 6.06. The van der Waals surface area contributed by atoms with Crippen LogP contribution in [0.25, 0.3) is 11.5 Å². The Labute approximate surface area is 196 Å². The number of hydrogen-bond donors (Lipinski definition) is 1. The third-order valence-corrected chi connectivity index (χ3v) is 4.89. The summed E-state index contributed by atoms with van der Waals surface area (Å²) >= 11 is 0. The van der Waals surface area contributed by atoms with E-state index in [0.717, 1.165) is 0 Å². The third-order valence-electron chi connectivity index (χ3n) is 4.89. The number of benzene rings is 3. The van der Waals surface area contributed by atoms with Gasteiger partial charge in [0, 0.05) is 11.3 Å². The van der Waals surface area contributed by atoms with Gasteiger partial charge in [-0.1, -0.05) is 30.3 Å². The standard InChI is InChI=1S/C25H23N3O6/c1-30-20-13-16(14-21(31-2)23(20)32-3)25-28-27-22(34-25)15-33-19-12-8-7-11-18(19)24(29)26-17-9-5-4-6-10-17/h4-14H,15H2,1-3H3,(H,26,29). The molecule has 0 atom stereocenters. The predicted octanol–water partition coefficient (Wildman–Crippen LogP) is 4.59. The summed E-state index contributed by atoms with van der Waals surface area (Å²) in [7, 11) is 4.58. The molecule has 0 aliphatic carbocycles. The maximum absolute atomic E-state index is 12.7. The molecule has 0 aliphatic rings. The van der Waals surface area contributed by atoms with Crippen molar-refractivity contribution in [3.8, 4) is 34.5 Å². The third kappa shape index (κ3) is 4.93. The Morgan fingerprint density at radius 2 is 1.53 bits per heavy atom. The number of hydrogen-bond acceptors (Lipinski definition) is 8. The predicted molar refractivity (Wildman–Crippen MR) is 125 cm³/mol. The maximum Gasteiger partial charge on any atom is 0.259 e. The van der Waals surface area contributed by atoms with E-state index in [2.05, 4.69) is 15.5 Å². The van der Waals surface area contributed by atoms with Gasteiger partial charge in [0.1, 0.15) is 5.75 Å². The van der Waals surface area contributed by atoms with Crippen LogP contribution in [-0.4, -0.2) is 37.4 Å². The lowest BCUT2D eigenvalue weighted by molar-refractivity contribution is 0.102. The zero-order chi connectivity index (χ0) is 23.9. The van der Waals surface area contributed by atoms with Gasteiger partial charge >= 0.3 is 0 Å². The van der Waals surface area contributed by atoms with Crippen molar-refractivity contribution in [2.75, 3.05) is 26.6 Å². The summed E-state index contributed by atoms with van der Waals surface area (Å²) in [5.41, 5.74) is 1.67. The van der Waals surface area contributed by atoms with E-state index in [1.807, 2.05) is 30.3 Å². The minimum Gasteiger partial charge on any atom is -0.493 e. The van der Waals surface area contributed by atoms with Crippen LogP contribution in [0.2, 0.25) is 0 Å². The van der Waals surface area contributed by atoms with Crippen molar-refractivity contribution in [1.82, 2.24) is 10.2 Å². The van der Waals surface area contributed by atoms with E-state index in [1.54, 1.807) is 36.4 Å². The van der Waals surface area contributed by atoms with Crippen LogP contribution >= 0.6 is 0 Å². The van der Waals surface area contributed by atoms with E-state index in [4.69, 9.17) is 23.4 Å². The molecule has 1 amide bonds. The van der Waals surface area contributed by atoms with E-state index >= 15 is 0 Å². The smallest absolute Gasteiger partial charge is 0.259 e. The molecule has 0 spiro atoms. The number of aromatic nitrogens is 2. The molecule has 0 saturated heterocycles. The van der Waals surface area contributed by atoms with Gasteiger partial charge in [-0.25, -0.2) is 0 Å². The van der Waals surface area contributed by atoms with Crippen LogP contribution in [0.15, 0.2) is 71.1 Å². The van der Waals surface area contributed by atoms with Gasteiger partial charge in [-0.2, -0.15) is 0 Å². The molecule has 0 saturated carbocycles. The van der Waals surface area contributed by atoms with E-state index in [1.165, 1.54) is 21.3 Å². The highest BCUT2D eigenvalue weighted by atomic mass is 16.5. The van der Waals surface area contributed by atoms with Crippen molar-refractivity contribution in [1.29, 1.82) is 0 Å². The largest absolute Gasteiger partial charge is 0.493 e. The quantitative estimate of drug-likeness (QED) is 0.386. The van der Waals surface area contributed by atoms with Gasteiger partial charge < -0.3 is 28.7 Å². The van der Waals surface area contributed by atoms with Crippen molar-refractivity contribution in [2.24, 2.45) is 0 Å². The second-order valence-corrected chi connectivity index (χ2v) is 7.02. The van der Waals surface area contributed by atoms with Crippen LogP contribution in [0.5, 0.6) is 23.0 Å². The van der Waals surface area contributed by atoms with E-state index < -0.39 is 0 Å². The number of anilines is 1. The van der Waals surface area contributed by atoms with Crippen molar-refractivity contribution in [2.45, 2.75) is 6.61 Å². The number of rotatable bonds is 9. The SMILES string of the molecule is COc1cc(-c2nnc(COc3ccccc3C(=O)Nc3ccccc3)o2)cc(OC)c1OC. The lowest BCUT2D eigenvalue weighted by atomic mass is 10.2. The number of methoxy groups -OCH3 is 3. The summed E-state index contributed by atoms with van der Waals surface area (Å²) in [6.07, 6.45) is 0. The molecule has 0 radical (unpaired) electrons. The summed E-state index contributed by atoms with van der Waals surface area (Å²) in [5.74, 6) is 1.99. The van der Waals surface area contributed by atoms with Gasteiger partial charge in [-0.15, -0.1) is 10.2 Å². The summed E-state index contributed by atoms with van der Waals surface area (Å²) in [5, 5.41) is 11.0. The van der Waals surface area contributed by atoms with E-state index in [-0.39, 0.29) is 24.3 Å².